The van der Waals surface area contributed by atoms with E-state index in [2.05, 4.69) is 25.7 Å². The predicted molar refractivity (Wildman–Crippen MR) is 125 cm³/mol. The summed E-state index contributed by atoms with van der Waals surface area (Å²) < 4.78 is 29.7. The number of halogens is 3. The molecule has 164 valence electrons. The summed E-state index contributed by atoms with van der Waals surface area (Å²) in [5.74, 6) is 0.556. The number of nitrogens with zero attached hydrogens (tertiary/aromatic N) is 1. The van der Waals surface area contributed by atoms with E-state index in [1.54, 1.807) is 31.3 Å². The van der Waals surface area contributed by atoms with Crippen LogP contribution in [-0.2, 0) is 6.54 Å². The van der Waals surface area contributed by atoms with Gasteiger partial charge in [0.1, 0.15) is 5.75 Å². The van der Waals surface area contributed by atoms with Crippen LogP contribution >= 0.6 is 24.0 Å². The Morgan fingerprint density at radius 1 is 1.07 bits per heavy atom. The van der Waals surface area contributed by atoms with Gasteiger partial charge in [0.2, 0.25) is 0 Å². The largest absolute Gasteiger partial charge is 0.434 e. The zero-order valence-electron chi connectivity index (χ0n) is 17.0. The zero-order chi connectivity index (χ0) is 21.1. The van der Waals surface area contributed by atoms with Crippen LogP contribution < -0.4 is 20.7 Å². The lowest BCUT2D eigenvalue weighted by Crippen LogP contribution is -2.38. The Bertz CT molecular complexity index is 820. The number of aliphatic imine (C=N–C) groups is 1. The molecule has 2 rings (SSSR count). The van der Waals surface area contributed by atoms with Crippen LogP contribution in [0, 0.1) is 6.92 Å². The van der Waals surface area contributed by atoms with Crippen molar-refractivity contribution in [2.24, 2.45) is 4.99 Å². The van der Waals surface area contributed by atoms with Gasteiger partial charge in [0, 0.05) is 37.8 Å². The highest BCUT2D eigenvalue weighted by molar-refractivity contribution is 14.0. The highest BCUT2D eigenvalue weighted by Crippen LogP contribution is 2.21. The van der Waals surface area contributed by atoms with Gasteiger partial charge in [-0.2, -0.15) is 8.78 Å². The Morgan fingerprint density at radius 3 is 2.43 bits per heavy atom. The van der Waals surface area contributed by atoms with Gasteiger partial charge in [-0.15, -0.1) is 24.0 Å². The lowest BCUT2D eigenvalue weighted by molar-refractivity contribution is -0.0504. The van der Waals surface area contributed by atoms with Gasteiger partial charge in [-0.1, -0.05) is 35.9 Å². The van der Waals surface area contributed by atoms with Gasteiger partial charge in [0.05, 0.1) is 0 Å². The molecule has 30 heavy (non-hydrogen) atoms. The first-order chi connectivity index (χ1) is 14.0. The molecule has 0 bridgehead atoms. The van der Waals surface area contributed by atoms with Crippen molar-refractivity contribution in [1.29, 1.82) is 0 Å². The number of alkyl halides is 2. The van der Waals surface area contributed by atoms with Crippen LogP contribution in [0.25, 0.3) is 0 Å². The summed E-state index contributed by atoms with van der Waals surface area (Å²) in [6, 6.07) is 14.1. The van der Waals surface area contributed by atoms with Gasteiger partial charge >= 0.3 is 6.61 Å². The molecule has 2 aromatic carbocycles. The lowest BCUT2D eigenvalue weighted by Gasteiger charge is -2.15. The Hall–Kier alpha value is -2.43. The minimum absolute atomic E-state index is 0. The topological polar surface area (TPSA) is 74.8 Å². The lowest BCUT2D eigenvalue weighted by atomic mass is 10.1. The summed E-state index contributed by atoms with van der Waals surface area (Å²) in [4.78, 5) is 16.1. The molecule has 2 aromatic rings. The zero-order valence-corrected chi connectivity index (χ0v) is 19.3. The maximum absolute atomic E-state index is 12.6. The number of hydrogen-bond donors (Lipinski definition) is 3. The van der Waals surface area contributed by atoms with Gasteiger partial charge in [-0.3, -0.25) is 9.79 Å². The number of aryl methyl sites for hydroxylation is 1. The quantitative estimate of drug-likeness (QED) is 0.199. The molecule has 9 heteroatoms. The summed E-state index contributed by atoms with van der Waals surface area (Å²) in [6.07, 6.45) is 0.698. The fraction of sp³-hybridized carbons (Fsp3) is 0.333. The van der Waals surface area contributed by atoms with Crippen LogP contribution in [-0.4, -0.2) is 38.6 Å². The molecule has 0 aliphatic rings. The molecule has 6 nitrogen and oxygen atoms in total. The van der Waals surface area contributed by atoms with E-state index in [-0.39, 0.29) is 42.2 Å². The van der Waals surface area contributed by atoms with Crippen LogP contribution in [0.15, 0.2) is 53.5 Å². The minimum atomic E-state index is -2.88. The maximum Gasteiger partial charge on any atom is 0.387 e. The van der Waals surface area contributed by atoms with Crippen molar-refractivity contribution in [2.45, 2.75) is 26.5 Å². The fourth-order valence-electron chi connectivity index (χ4n) is 2.65. The number of hydrogen-bond acceptors (Lipinski definition) is 3. The van der Waals surface area contributed by atoms with Crippen molar-refractivity contribution in [3.05, 3.63) is 65.2 Å². The third-order valence-electron chi connectivity index (χ3n) is 4.07. The Morgan fingerprint density at radius 2 is 1.77 bits per heavy atom. The molecule has 3 N–H and O–H groups in total. The van der Waals surface area contributed by atoms with Crippen molar-refractivity contribution < 1.29 is 18.3 Å². The summed E-state index contributed by atoms with van der Waals surface area (Å²) >= 11 is 0. The van der Waals surface area contributed by atoms with Crippen LogP contribution in [0.1, 0.15) is 27.9 Å². The Labute approximate surface area is 192 Å². The first-order valence-corrected chi connectivity index (χ1v) is 9.31. The van der Waals surface area contributed by atoms with Crippen LogP contribution in [0.3, 0.4) is 0 Å². The molecule has 0 saturated heterocycles. The molecular weight excluding hydrogens is 505 g/mol. The van der Waals surface area contributed by atoms with E-state index in [0.29, 0.717) is 36.6 Å². The first kappa shape index (κ1) is 25.6. The van der Waals surface area contributed by atoms with E-state index in [0.717, 1.165) is 5.56 Å². The molecule has 1 amide bonds. The Kier molecular flexibility index (Phi) is 11.7. The van der Waals surface area contributed by atoms with E-state index in [1.807, 2.05) is 25.1 Å². The smallest absolute Gasteiger partial charge is 0.387 e. The summed E-state index contributed by atoms with van der Waals surface area (Å²) in [7, 11) is 1.62. The van der Waals surface area contributed by atoms with Gasteiger partial charge in [-0.25, -0.2) is 0 Å². The molecule has 0 aromatic heterocycles. The molecule has 0 aliphatic heterocycles. The number of carbonyl (C=O) groups excluding carboxylic acids is 1. The second-order valence-electron chi connectivity index (χ2n) is 6.32. The Balaban J connectivity index is 0.00000450. The number of benzene rings is 2. The highest BCUT2D eigenvalue weighted by Gasteiger charge is 2.10. The first-order valence-electron chi connectivity index (χ1n) is 9.31. The van der Waals surface area contributed by atoms with Gasteiger partial charge < -0.3 is 20.7 Å². The SMILES string of the molecule is CN=C(NCCCNC(=O)c1ccccc1)NCc1cc(C)ccc1OC(F)F.I. The van der Waals surface area contributed by atoms with E-state index in [4.69, 9.17) is 0 Å². The molecular formula is C21H27F2IN4O2. The molecule has 0 fully saturated rings. The highest BCUT2D eigenvalue weighted by atomic mass is 127. The van der Waals surface area contributed by atoms with Crippen LogP contribution in [0.4, 0.5) is 8.78 Å². The number of amides is 1. The van der Waals surface area contributed by atoms with Gasteiger partial charge in [0.25, 0.3) is 5.91 Å². The summed E-state index contributed by atoms with van der Waals surface area (Å²) in [5, 5.41) is 9.06. The monoisotopic (exact) mass is 532 g/mol. The molecule has 0 spiro atoms. The molecule has 0 heterocycles. The predicted octanol–water partition coefficient (Wildman–Crippen LogP) is 3.70. The third kappa shape index (κ3) is 8.93. The molecule has 0 atom stereocenters. The van der Waals surface area contributed by atoms with Crippen molar-refractivity contribution in [1.82, 2.24) is 16.0 Å². The number of nitrogens with one attached hydrogen (secondary N) is 3. The number of carbonyl (C=O) groups is 1. The molecule has 0 aliphatic carbocycles. The van der Waals surface area contributed by atoms with Crippen LogP contribution in [0.5, 0.6) is 5.75 Å². The molecule has 0 radical (unpaired) electrons. The average Bonchev–Trinajstić information content (AvgIpc) is 2.72. The van der Waals surface area contributed by atoms with E-state index in [9.17, 15) is 13.6 Å². The number of guanidine groups is 1. The standard InChI is InChI=1S/C21H26F2N4O2.HI/c1-15-9-10-18(29-20(22)23)17(13-15)14-27-21(24-2)26-12-6-11-25-19(28)16-7-4-3-5-8-16;/h3-5,7-10,13,20H,6,11-12,14H2,1-2H3,(H,25,28)(H2,24,26,27);1H. The van der Waals surface area contributed by atoms with Crippen molar-refractivity contribution in [2.75, 3.05) is 20.1 Å². The van der Waals surface area contributed by atoms with E-state index in [1.165, 1.54) is 6.07 Å². The average molecular weight is 532 g/mol. The van der Waals surface area contributed by atoms with Crippen molar-refractivity contribution >= 4 is 35.8 Å². The van der Waals surface area contributed by atoms with Crippen molar-refractivity contribution in [3.63, 3.8) is 0 Å². The second-order valence-corrected chi connectivity index (χ2v) is 6.32. The van der Waals surface area contributed by atoms with E-state index >= 15 is 0 Å². The van der Waals surface area contributed by atoms with Crippen molar-refractivity contribution in [3.8, 4) is 5.75 Å². The van der Waals surface area contributed by atoms with Gasteiger partial charge in [0.15, 0.2) is 5.96 Å². The second kappa shape index (κ2) is 13.7. The van der Waals surface area contributed by atoms with Crippen LogP contribution in [0.2, 0.25) is 0 Å². The third-order valence-corrected chi connectivity index (χ3v) is 4.07. The van der Waals surface area contributed by atoms with E-state index < -0.39 is 6.61 Å². The summed E-state index contributed by atoms with van der Waals surface area (Å²) in [5.41, 5.74) is 2.18. The normalized spacial score (nSPS) is 10.9. The van der Waals surface area contributed by atoms with Gasteiger partial charge in [-0.05, 0) is 31.5 Å². The number of rotatable bonds is 9. The molecule has 0 unspecified atom stereocenters. The fourth-order valence-corrected chi connectivity index (χ4v) is 2.65. The summed E-state index contributed by atoms with van der Waals surface area (Å²) in [6.45, 7) is 0.394. The molecule has 0 saturated carbocycles. The number of ether oxygens (including phenoxy) is 1. The maximum atomic E-state index is 12.6. The minimum Gasteiger partial charge on any atom is -0.434 e.